The molecule has 0 aromatic rings. The van der Waals surface area contributed by atoms with E-state index in [1.165, 1.54) is 0 Å². The van der Waals surface area contributed by atoms with Crippen LogP contribution >= 0.6 is 0 Å². The number of ether oxygens (including phenoxy) is 1. The van der Waals surface area contributed by atoms with Crippen molar-refractivity contribution in [2.75, 3.05) is 19.7 Å². The molecule has 2 rings (SSSR count). The second-order valence-corrected chi connectivity index (χ2v) is 6.22. The number of fused-ring (bicyclic) bond motifs is 1. The van der Waals surface area contributed by atoms with Crippen molar-refractivity contribution in [3.05, 3.63) is 0 Å². The van der Waals surface area contributed by atoms with Crippen LogP contribution in [0.1, 0.15) is 19.3 Å². The largest absolute Gasteiger partial charge is 0.435 e. The van der Waals surface area contributed by atoms with Crippen LogP contribution in [-0.2, 0) is 4.74 Å². The second-order valence-electron chi connectivity index (χ2n) is 6.22. The Bertz CT molecular complexity index is 437. The summed E-state index contributed by atoms with van der Waals surface area (Å²) in [7, 11) is 0. The van der Waals surface area contributed by atoms with E-state index in [4.69, 9.17) is 0 Å². The summed E-state index contributed by atoms with van der Waals surface area (Å²) in [5.74, 6) is 0. The number of quaternary nitrogens is 1. The molecule has 24 heavy (non-hydrogen) atoms. The van der Waals surface area contributed by atoms with Crippen LogP contribution in [0.3, 0.4) is 0 Å². The Morgan fingerprint density at radius 2 is 1.46 bits per heavy atom. The van der Waals surface area contributed by atoms with Crippen LogP contribution < -0.4 is 4.90 Å². The van der Waals surface area contributed by atoms with Crippen LogP contribution in [0.2, 0.25) is 0 Å². The first-order chi connectivity index (χ1) is 10.7. The molecule has 12 heteroatoms. The average Bonchev–Trinajstić information content (AvgIpc) is 2.87. The van der Waals surface area contributed by atoms with Crippen molar-refractivity contribution in [3.8, 4) is 0 Å². The summed E-state index contributed by atoms with van der Waals surface area (Å²) in [5.41, 5.74) is -7.29. The van der Waals surface area contributed by atoms with Gasteiger partial charge >= 0.3 is 24.1 Å². The van der Waals surface area contributed by atoms with Gasteiger partial charge in [0.15, 0.2) is 0 Å². The summed E-state index contributed by atoms with van der Waals surface area (Å²) >= 11 is 0. The van der Waals surface area contributed by atoms with Gasteiger partial charge in [0.1, 0.15) is 18.2 Å². The molecule has 0 radical (unpaired) electrons. The van der Waals surface area contributed by atoms with Crippen LogP contribution in [0.4, 0.5) is 39.5 Å². The number of hydrogen-bond acceptors (Lipinski definition) is 2. The first kappa shape index (κ1) is 19.6. The van der Waals surface area contributed by atoms with Crippen molar-refractivity contribution < 1.29 is 54.3 Å². The van der Waals surface area contributed by atoms with Gasteiger partial charge in [-0.3, -0.25) is 0 Å². The van der Waals surface area contributed by atoms with Crippen molar-refractivity contribution >= 4 is 0 Å². The topological polar surface area (TPSA) is 33.9 Å². The molecule has 0 saturated carbocycles. The van der Waals surface area contributed by atoms with Gasteiger partial charge in [0, 0.05) is 19.3 Å². The fraction of sp³-hybridized carbons (Fsp3) is 1.00. The molecule has 2 aliphatic rings. The van der Waals surface area contributed by atoms with E-state index < -0.39 is 55.3 Å². The minimum absolute atomic E-state index is 0.301. The number of halogens is 9. The van der Waals surface area contributed by atoms with E-state index in [-0.39, 0.29) is 0 Å². The first-order valence-corrected chi connectivity index (χ1v) is 7.04. The zero-order valence-electron chi connectivity index (χ0n) is 12.1. The van der Waals surface area contributed by atoms with E-state index in [2.05, 4.69) is 4.74 Å². The lowest BCUT2D eigenvalue weighted by Gasteiger charge is -2.39. The maximum absolute atomic E-state index is 12.9. The van der Waals surface area contributed by atoms with Gasteiger partial charge in [-0.05, 0) is 0 Å². The molecule has 0 aliphatic carbocycles. The summed E-state index contributed by atoms with van der Waals surface area (Å²) in [5, 5.41) is 9.38. The lowest BCUT2D eigenvalue weighted by molar-refractivity contribution is -0.927. The smallest absolute Gasteiger partial charge is 0.390 e. The number of hydrogen-bond donors (Lipinski definition) is 2. The second kappa shape index (κ2) is 5.63. The van der Waals surface area contributed by atoms with Gasteiger partial charge in [0.25, 0.3) is 0 Å². The van der Waals surface area contributed by atoms with Gasteiger partial charge in [0.05, 0.1) is 13.2 Å². The lowest BCUT2D eigenvalue weighted by Crippen LogP contribution is -3.16. The SMILES string of the molecule is OCC12CCC[NH+]1C[C@@H](OC(C(F)(F)F)(C(F)(F)F)C(F)(F)F)C2. The molecule has 2 unspecified atom stereocenters. The fourth-order valence-corrected chi connectivity index (χ4v) is 3.70. The Kier molecular flexibility index (Phi) is 4.59. The van der Waals surface area contributed by atoms with E-state index in [0.717, 1.165) is 0 Å². The molecule has 0 aromatic carbocycles. The van der Waals surface area contributed by atoms with Gasteiger partial charge in [-0.2, -0.15) is 39.5 Å². The monoisotopic (exact) mass is 376 g/mol. The summed E-state index contributed by atoms with van der Waals surface area (Å²) in [6.45, 7) is -0.652. The van der Waals surface area contributed by atoms with Crippen LogP contribution in [0.5, 0.6) is 0 Å². The van der Waals surface area contributed by atoms with Crippen LogP contribution in [0, 0.1) is 0 Å². The van der Waals surface area contributed by atoms with Gasteiger partial charge in [-0.1, -0.05) is 0 Å². The van der Waals surface area contributed by atoms with Gasteiger partial charge in [-0.25, -0.2) is 0 Å². The Hall–Kier alpha value is -0.750. The van der Waals surface area contributed by atoms with Crippen LogP contribution in [0.25, 0.3) is 0 Å². The highest BCUT2D eigenvalue weighted by Crippen LogP contribution is 2.55. The fourth-order valence-electron chi connectivity index (χ4n) is 3.70. The van der Waals surface area contributed by atoms with Gasteiger partial charge in [0.2, 0.25) is 0 Å². The molecule has 0 aromatic heterocycles. The maximum atomic E-state index is 12.9. The molecule has 0 spiro atoms. The highest BCUT2D eigenvalue weighted by Gasteiger charge is 2.86. The minimum Gasteiger partial charge on any atom is -0.390 e. The molecule has 2 heterocycles. The predicted molar refractivity (Wildman–Crippen MR) is 60.1 cm³/mol. The average molecular weight is 376 g/mol. The number of alkyl halides is 9. The normalized spacial score (nSPS) is 32.2. The zero-order valence-corrected chi connectivity index (χ0v) is 12.1. The van der Waals surface area contributed by atoms with Gasteiger partial charge in [-0.15, -0.1) is 0 Å². The number of rotatable bonds is 3. The predicted octanol–water partition coefficient (Wildman–Crippen LogP) is 1.61. The minimum atomic E-state index is -6.72. The van der Waals surface area contributed by atoms with Crippen molar-refractivity contribution in [2.45, 2.75) is 55.0 Å². The number of aliphatic hydroxyl groups is 1. The molecule has 3 atom stereocenters. The summed E-state index contributed by atoms with van der Waals surface area (Å²) in [6.07, 6.45) is -21.7. The molecule has 2 fully saturated rings. The highest BCUT2D eigenvalue weighted by molar-refractivity contribution is 5.04. The molecule has 142 valence electrons. The molecular weight excluding hydrogens is 361 g/mol. The molecular formula is C12H15F9NO2+. The molecule has 0 amide bonds. The van der Waals surface area contributed by atoms with Gasteiger partial charge < -0.3 is 14.7 Å². The summed E-state index contributed by atoms with van der Waals surface area (Å²) < 4.78 is 120. The summed E-state index contributed by atoms with van der Waals surface area (Å²) in [6, 6.07) is 0. The van der Waals surface area contributed by atoms with Crippen LogP contribution in [-0.4, -0.2) is 60.6 Å². The molecule has 2 saturated heterocycles. The van der Waals surface area contributed by atoms with E-state index in [9.17, 15) is 44.6 Å². The lowest BCUT2D eigenvalue weighted by atomic mass is 9.93. The standard InChI is InChI=1S/C12H14F9NO2/c13-10(14,15)9(11(16,17)18,12(19,20)21)24-7-4-8(6-23)2-1-3-22(8)5-7/h7,23H,1-6H2/p+1/t7-,8?/m0/s1. The first-order valence-electron chi connectivity index (χ1n) is 7.04. The van der Waals surface area contributed by atoms with E-state index in [0.29, 0.717) is 24.3 Å². The molecule has 3 nitrogen and oxygen atoms in total. The Morgan fingerprint density at radius 3 is 1.83 bits per heavy atom. The third-order valence-electron chi connectivity index (χ3n) is 4.82. The Labute approximate surface area is 130 Å². The van der Waals surface area contributed by atoms with E-state index in [1.54, 1.807) is 0 Å². The quantitative estimate of drug-likeness (QED) is 0.734. The van der Waals surface area contributed by atoms with Crippen molar-refractivity contribution in [1.82, 2.24) is 0 Å². The molecule has 0 bridgehead atoms. The maximum Gasteiger partial charge on any atom is 0.435 e. The van der Waals surface area contributed by atoms with Crippen molar-refractivity contribution in [1.29, 1.82) is 0 Å². The third kappa shape index (κ3) is 2.75. The number of aliphatic hydroxyl groups excluding tert-OH is 1. The van der Waals surface area contributed by atoms with E-state index in [1.807, 2.05) is 0 Å². The van der Waals surface area contributed by atoms with E-state index >= 15 is 0 Å². The van der Waals surface area contributed by atoms with Crippen LogP contribution in [0.15, 0.2) is 0 Å². The molecule has 2 aliphatic heterocycles. The van der Waals surface area contributed by atoms with Crippen molar-refractivity contribution in [2.24, 2.45) is 0 Å². The Balaban J connectivity index is 2.38. The Morgan fingerprint density at radius 1 is 0.958 bits per heavy atom. The third-order valence-corrected chi connectivity index (χ3v) is 4.82. The summed E-state index contributed by atoms with van der Waals surface area (Å²) in [4.78, 5) is 0.468. The highest BCUT2D eigenvalue weighted by atomic mass is 19.4. The zero-order chi connectivity index (χ0) is 18.6. The van der Waals surface area contributed by atoms with Crippen molar-refractivity contribution in [3.63, 3.8) is 0 Å². The molecule has 2 N–H and O–H groups in total. The number of nitrogens with one attached hydrogen (secondary N) is 1.